The topological polar surface area (TPSA) is 84.7 Å². The van der Waals surface area contributed by atoms with Crippen molar-refractivity contribution in [2.75, 3.05) is 38.2 Å². The molecule has 0 atom stereocenters. The highest BCUT2D eigenvalue weighted by atomic mass is 19.1. The van der Waals surface area contributed by atoms with Crippen LogP contribution in [-0.4, -0.2) is 63.5 Å². The molecule has 1 fully saturated rings. The maximum Gasteiger partial charge on any atom is 0.223 e. The number of hydrogen-bond donors (Lipinski definition) is 1. The smallest absolute Gasteiger partial charge is 0.223 e. The van der Waals surface area contributed by atoms with E-state index >= 15 is 0 Å². The van der Waals surface area contributed by atoms with Gasteiger partial charge in [-0.2, -0.15) is 4.52 Å². The molecule has 0 aliphatic carbocycles. The molecule has 0 unspecified atom stereocenters. The molecule has 152 valence electrons. The number of nitrogens with zero attached hydrogens (tertiary/aromatic N) is 5. The number of hydrogen-bond acceptors (Lipinski definition) is 6. The molecule has 1 amide bonds. The Balaban J connectivity index is 1.35. The SMILES string of the molecule is O=C(CCc1nnc2ccc(NCCc3ccc(F)cc3)nn12)N1CCOCC1. The lowest BCUT2D eigenvalue weighted by atomic mass is 10.1. The van der Waals surface area contributed by atoms with Gasteiger partial charge in [0.05, 0.1) is 13.2 Å². The van der Waals surface area contributed by atoms with Crippen LogP contribution in [0.4, 0.5) is 10.2 Å². The number of carbonyl (C=O) groups is 1. The van der Waals surface area contributed by atoms with E-state index < -0.39 is 0 Å². The van der Waals surface area contributed by atoms with Crippen LogP contribution in [0.15, 0.2) is 36.4 Å². The van der Waals surface area contributed by atoms with Crippen molar-refractivity contribution >= 4 is 17.4 Å². The van der Waals surface area contributed by atoms with Gasteiger partial charge in [0.25, 0.3) is 0 Å². The maximum atomic E-state index is 13.0. The van der Waals surface area contributed by atoms with E-state index in [1.165, 1.54) is 12.1 Å². The Bertz CT molecular complexity index is 969. The summed E-state index contributed by atoms with van der Waals surface area (Å²) in [6, 6.07) is 10.2. The Morgan fingerprint density at radius 3 is 2.66 bits per heavy atom. The fraction of sp³-hybridized carbons (Fsp3) is 0.400. The molecule has 1 aliphatic rings. The van der Waals surface area contributed by atoms with E-state index in [0.29, 0.717) is 63.0 Å². The Morgan fingerprint density at radius 2 is 1.86 bits per heavy atom. The number of aryl methyl sites for hydroxylation is 1. The monoisotopic (exact) mass is 398 g/mol. The lowest BCUT2D eigenvalue weighted by molar-refractivity contribution is -0.135. The highest BCUT2D eigenvalue weighted by Gasteiger charge is 2.18. The number of rotatable bonds is 7. The van der Waals surface area contributed by atoms with E-state index in [2.05, 4.69) is 20.6 Å². The number of aromatic nitrogens is 4. The van der Waals surface area contributed by atoms with Crippen molar-refractivity contribution in [3.8, 4) is 0 Å². The first-order valence-electron chi connectivity index (χ1n) is 9.74. The zero-order valence-electron chi connectivity index (χ0n) is 16.1. The minimum absolute atomic E-state index is 0.0960. The summed E-state index contributed by atoms with van der Waals surface area (Å²) in [6.45, 7) is 3.12. The van der Waals surface area contributed by atoms with Crippen LogP contribution < -0.4 is 5.32 Å². The molecule has 0 bridgehead atoms. The molecular formula is C20H23FN6O2. The minimum Gasteiger partial charge on any atom is -0.378 e. The Hall–Kier alpha value is -3.07. The van der Waals surface area contributed by atoms with Gasteiger partial charge < -0.3 is 15.0 Å². The van der Waals surface area contributed by atoms with Gasteiger partial charge in [0, 0.05) is 32.5 Å². The zero-order chi connectivity index (χ0) is 20.1. The average molecular weight is 398 g/mol. The summed E-state index contributed by atoms with van der Waals surface area (Å²) in [5.41, 5.74) is 1.69. The Labute approximate surface area is 167 Å². The van der Waals surface area contributed by atoms with Crippen molar-refractivity contribution in [3.63, 3.8) is 0 Å². The molecule has 1 N–H and O–H groups in total. The second-order valence-corrected chi connectivity index (χ2v) is 6.90. The minimum atomic E-state index is -0.235. The summed E-state index contributed by atoms with van der Waals surface area (Å²) in [5, 5.41) is 16.1. The predicted octanol–water partition coefficient (Wildman–Crippen LogP) is 1.71. The molecule has 3 heterocycles. The number of halogens is 1. The molecule has 8 nitrogen and oxygen atoms in total. The number of benzene rings is 1. The molecular weight excluding hydrogens is 375 g/mol. The van der Waals surface area contributed by atoms with Crippen LogP contribution in [0.3, 0.4) is 0 Å². The number of fused-ring (bicyclic) bond motifs is 1. The Kier molecular flexibility index (Phi) is 5.95. The molecule has 0 radical (unpaired) electrons. The molecule has 1 aliphatic heterocycles. The molecule has 2 aromatic heterocycles. The largest absolute Gasteiger partial charge is 0.378 e. The van der Waals surface area contributed by atoms with E-state index in [-0.39, 0.29) is 11.7 Å². The third-order valence-corrected chi connectivity index (χ3v) is 4.89. The molecule has 9 heteroatoms. The van der Waals surface area contributed by atoms with Gasteiger partial charge in [-0.1, -0.05) is 12.1 Å². The van der Waals surface area contributed by atoms with Gasteiger partial charge in [0.15, 0.2) is 11.5 Å². The van der Waals surface area contributed by atoms with E-state index in [1.807, 2.05) is 17.0 Å². The van der Waals surface area contributed by atoms with Crippen molar-refractivity contribution in [1.29, 1.82) is 0 Å². The second-order valence-electron chi connectivity index (χ2n) is 6.90. The van der Waals surface area contributed by atoms with Gasteiger partial charge in [-0.15, -0.1) is 15.3 Å². The third-order valence-electron chi connectivity index (χ3n) is 4.89. The fourth-order valence-corrected chi connectivity index (χ4v) is 3.26. The lowest BCUT2D eigenvalue weighted by Gasteiger charge is -2.26. The molecule has 1 saturated heterocycles. The van der Waals surface area contributed by atoms with Crippen LogP contribution in [-0.2, 0) is 22.4 Å². The van der Waals surface area contributed by atoms with Crippen LogP contribution in [0.25, 0.3) is 5.65 Å². The van der Waals surface area contributed by atoms with Crippen molar-refractivity contribution < 1.29 is 13.9 Å². The van der Waals surface area contributed by atoms with E-state index in [9.17, 15) is 9.18 Å². The normalized spacial score (nSPS) is 14.3. The third kappa shape index (κ3) is 4.86. The number of amides is 1. The highest BCUT2D eigenvalue weighted by molar-refractivity contribution is 5.76. The first kappa shape index (κ1) is 19.3. The standard InChI is InChI=1S/C20H23FN6O2/c21-16-3-1-15(2-4-16)9-10-22-17-5-6-18-23-24-19(27(18)25-17)7-8-20(28)26-11-13-29-14-12-26/h1-6H,7-14H2,(H,22,25). The summed E-state index contributed by atoms with van der Waals surface area (Å²) in [4.78, 5) is 14.2. The predicted molar refractivity (Wildman–Crippen MR) is 105 cm³/mol. The lowest BCUT2D eigenvalue weighted by Crippen LogP contribution is -2.40. The quantitative estimate of drug-likeness (QED) is 0.652. The number of ether oxygens (including phenoxy) is 1. The summed E-state index contributed by atoms with van der Waals surface area (Å²) < 4.78 is 19.9. The molecule has 3 aromatic rings. The number of anilines is 1. The van der Waals surface area contributed by atoms with Crippen LogP contribution in [0.5, 0.6) is 0 Å². The maximum absolute atomic E-state index is 13.0. The summed E-state index contributed by atoms with van der Waals surface area (Å²) in [6.07, 6.45) is 1.59. The summed E-state index contributed by atoms with van der Waals surface area (Å²) >= 11 is 0. The first-order chi connectivity index (χ1) is 14.2. The first-order valence-corrected chi connectivity index (χ1v) is 9.74. The molecule has 0 spiro atoms. The zero-order valence-corrected chi connectivity index (χ0v) is 16.1. The van der Waals surface area contributed by atoms with Gasteiger partial charge in [-0.25, -0.2) is 4.39 Å². The van der Waals surface area contributed by atoms with Gasteiger partial charge in [0.2, 0.25) is 5.91 Å². The molecule has 0 saturated carbocycles. The average Bonchev–Trinajstić information content (AvgIpc) is 3.16. The van der Waals surface area contributed by atoms with Gasteiger partial charge in [-0.05, 0) is 36.2 Å². The van der Waals surface area contributed by atoms with E-state index in [4.69, 9.17) is 4.74 Å². The second kappa shape index (κ2) is 8.95. The van der Waals surface area contributed by atoms with Crippen molar-refractivity contribution in [3.05, 3.63) is 53.6 Å². The number of carbonyl (C=O) groups excluding carboxylic acids is 1. The van der Waals surface area contributed by atoms with Crippen molar-refractivity contribution in [1.82, 2.24) is 24.7 Å². The number of morpholine rings is 1. The van der Waals surface area contributed by atoms with Crippen molar-refractivity contribution in [2.24, 2.45) is 0 Å². The molecule has 4 rings (SSSR count). The van der Waals surface area contributed by atoms with E-state index in [1.54, 1.807) is 16.6 Å². The summed E-state index contributed by atoms with van der Waals surface area (Å²) in [5.74, 6) is 1.21. The van der Waals surface area contributed by atoms with Gasteiger partial charge >= 0.3 is 0 Å². The van der Waals surface area contributed by atoms with Crippen LogP contribution in [0.1, 0.15) is 17.8 Å². The van der Waals surface area contributed by atoms with Crippen LogP contribution in [0, 0.1) is 5.82 Å². The van der Waals surface area contributed by atoms with Crippen LogP contribution in [0.2, 0.25) is 0 Å². The van der Waals surface area contributed by atoms with Crippen LogP contribution >= 0.6 is 0 Å². The molecule has 29 heavy (non-hydrogen) atoms. The molecule has 1 aromatic carbocycles. The van der Waals surface area contributed by atoms with Crippen molar-refractivity contribution in [2.45, 2.75) is 19.3 Å². The van der Waals surface area contributed by atoms with Gasteiger partial charge in [-0.3, -0.25) is 4.79 Å². The van der Waals surface area contributed by atoms with E-state index in [0.717, 1.165) is 12.0 Å². The number of nitrogens with one attached hydrogen (secondary N) is 1. The summed E-state index contributed by atoms with van der Waals surface area (Å²) in [7, 11) is 0. The Morgan fingerprint density at radius 1 is 1.07 bits per heavy atom. The fourth-order valence-electron chi connectivity index (χ4n) is 3.26. The highest BCUT2D eigenvalue weighted by Crippen LogP contribution is 2.11. The van der Waals surface area contributed by atoms with Gasteiger partial charge in [0.1, 0.15) is 11.6 Å².